The molecule has 0 aliphatic carbocycles. The van der Waals surface area contributed by atoms with Crippen LogP contribution in [-0.4, -0.2) is 4.98 Å². The van der Waals surface area contributed by atoms with E-state index in [0.717, 1.165) is 11.3 Å². The minimum atomic E-state index is 0.145. The maximum Gasteiger partial charge on any atom is 0.0809 e. The van der Waals surface area contributed by atoms with E-state index in [0.29, 0.717) is 11.3 Å². The Balaban J connectivity index is 2.82. The number of pyridine rings is 1. The highest BCUT2D eigenvalue weighted by molar-refractivity contribution is 6.56. The number of nitrogens with zero attached hydrogens (tertiary/aromatic N) is 1. The number of aryl methyl sites for hydroxylation is 2. The minimum Gasteiger partial charge on any atom is -0.253 e. The molecule has 0 bridgehead atoms. The summed E-state index contributed by atoms with van der Waals surface area (Å²) in [5.41, 5.74) is 3.00. The quantitative estimate of drug-likeness (QED) is 0.413. The molecule has 1 heterocycles. The molecular formula is C13H8Cl5N. The molecule has 0 saturated carbocycles. The van der Waals surface area contributed by atoms with Crippen molar-refractivity contribution in [1.82, 2.24) is 4.98 Å². The van der Waals surface area contributed by atoms with Crippen LogP contribution in [0.1, 0.15) is 11.3 Å². The summed E-state index contributed by atoms with van der Waals surface area (Å²) in [6.07, 6.45) is 0. The summed E-state index contributed by atoms with van der Waals surface area (Å²) >= 11 is 30.5. The summed E-state index contributed by atoms with van der Waals surface area (Å²) in [4.78, 5) is 4.41. The van der Waals surface area contributed by atoms with Gasteiger partial charge in [-0.3, -0.25) is 4.98 Å². The monoisotopic (exact) mass is 353 g/mol. The van der Waals surface area contributed by atoms with Gasteiger partial charge in [0.25, 0.3) is 0 Å². The first-order valence-electron chi connectivity index (χ1n) is 5.30. The molecule has 19 heavy (non-hydrogen) atoms. The lowest BCUT2D eigenvalue weighted by atomic mass is 10.1. The van der Waals surface area contributed by atoms with Crippen molar-refractivity contribution in [3.05, 3.63) is 48.5 Å². The Bertz CT molecular complexity index is 617. The molecular weight excluding hydrogens is 347 g/mol. The fraction of sp³-hybridized carbons (Fsp3) is 0.154. The van der Waals surface area contributed by atoms with Gasteiger partial charge in [-0.1, -0.05) is 58.0 Å². The maximum atomic E-state index is 6.22. The van der Waals surface area contributed by atoms with Gasteiger partial charge < -0.3 is 0 Å². The Labute approximate surface area is 136 Å². The lowest BCUT2D eigenvalue weighted by Crippen LogP contribution is -1.92. The second-order valence-electron chi connectivity index (χ2n) is 4.12. The van der Waals surface area contributed by atoms with Crippen LogP contribution >= 0.6 is 58.0 Å². The van der Waals surface area contributed by atoms with Gasteiger partial charge in [-0.05, 0) is 31.5 Å². The average Bonchev–Trinajstić information content (AvgIpc) is 2.33. The summed E-state index contributed by atoms with van der Waals surface area (Å²) in [6.45, 7) is 3.84. The summed E-state index contributed by atoms with van der Waals surface area (Å²) in [7, 11) is 0. The predicted molar refractivity (Wildman–Crippen MR) is 84.2 cm³/mol. The Morgan fingerprint density at radius 3 is 1.68 bits per heavy atom. The van der Waals surface area contributed by atoms with Gasteiger partial charge in [-0.25, -0.2) is 0 Å². The van der Waals surface area contributed by atoms with E-state index < -0.39 is 0 Å². The fourth-order valence-corrected chi connectivity index (χ4v) is 3.13. The van der Waals surface area contributed by atoms with E-state index in [2.05, 4.69) is 4.98 Å². The summed E-state index contributed by atoms with van der Waals surface area (Å²) in [6, 6.07) is 3.81. The lowest BCUT2D eigenvalue weighted by molar-refractivity contribution is 1.18. The highest BCUT2D eigenvalue weighted by atomic mass is 35.5. The van der Waals surface area contributed by atoms with Crippen LogP contribution in [0.3, 0.4) is 0 Å². The van der Waals surface area contributed by atoms with Gasteiger partial charge in [0.2, 0.25) is 0 Å². The first-order valence-corrected chi connectivity index (χ1v) is 7.19. The summed E-state index contributed by atoms with van der Waals surface area (Å²) in [5.74, 6) is 0. The van der Waals surface area contributed by atoms with Gasteiger partial charge in [0, 0.05) is 11.3 Å². The highest BCUT2D eigenvalue weighted by Gasteiger charge is 2.21. The van der Waals surface area contributed by atoms with Gasteiger partial charge in [0.15, 0.2) is 0 Å². The summed E-state index contributed by atoms with van der Waals surface area (Å²) in [5, 5.41) is 0.992. The molecule has 2 aromatic rings. The number of hydrogen-bond acceptors (Lipinski definition) is 1. The number of halogens is 5. The first kappa shape index (κ1) is 15.2. The molecule has 100 valence electrons. The van der Waals surface area contributed by atoms with Crippen molar-refractivity contribution in [2.45, 2.75) is 13.8 Å². The van der Waals surface area contributed by atoms with Crippen molar-refractivity contribution in [3.8, 4) is 11.3 Å². The van der Waals surface area contributed by atoms with Crippen molar-refractivity contribution >= 4 is 58.0 Å². The third-order valence-corrected chi connectivity index (χ3v) is 4.84. The standard InChI is InChI=1S/C13H8Cl5N/c1-5-3-6(2)19-7(4-5)8-9(14)11(16)13(18)12(17)10(8)15/h3-4H,1-2H3. The molecule has 2 rings (SSSR count). The van der Waals surface area contributed by atoms with E-state index in [9.17, 15) is 0 Å². The topological polar surface area (TPSA) is 12.9 Å². The van der Waals surface area contributed by atoms with E-state index in [1.165, 1.54) is 0 Å². The molecule has 0 N–H and O–H groups in total. The molecule has 0 aliphatic heterocycles. The van der Waals surface area contributed by atoms with Crippen LogP contribution in [0, 0.1) is 13.8 Å². The van der Waals surface area contributed by atoms with Crippen LogP contribution in [0.2, 0.25) is 25.1 Å². The molecule has 0 spiro atoms. The molecule has 1 nitrogen and oxygen atoms in total. The zero-order chi connectivity index (χ0) is 14.3. The zero-order valence-electron chi connectivity index (χ0n) is 9.99. The maximum absolute atomic E-state index is 6.22. The third-order valence-electron chi connectivity index (χ3n) is 2.56. The second kappa shape index (κ2) is 5.67. The van der Waals surface area contributed by atoms with Gasteiger partial charge in [-0.2, -0.15) is 0 Å². The van der Waals surface area contributed by atoms with E-state index >= 15 is 0 Å². The minimum absolute atomic E-state index is 0.145. The molecule has 0 unspecified atom stereocenters. The summed E-state index contributed by atoms with van der Waals surface area (Å²) < 4.78 is 0. The lowest BCUT2D eigenvalue weighted by Gasteiger charge is -2.13. The molecule has 0 fully saturated rings. The molecule has 6 heteroatoms. The third kappa shape index (κ3) is 2.81. The van der Waals surface area contributed by atoms with E-state index in [1.807, 2.05) is 26.0 Å². The molecule has 0 atom stereocenters. The van der Waals surface area contributed by atoms with Crippen molar-refractivity contribution in [1.29, 1.82) is 0 Å². The Morgan fingerprint density at radius 1 is 0.737 bits per heavy atom. The average molecular weight is 355 g/mol. The number of rotatable bonds is 1. The number of hydrogen-bond donors (Lipinski definition) is 0. The van der Waals surface area contributed by atoms with Gasteiger partial charge in [-0.15, -0.1) is 0 Å². The SMILES string of the molecule is Cc1cc(C)nc(-c2c(Cl)c(Cl)c(Cl)c(Cl)c2Cl)c1. The largest absolute Gasteiger partial charge is 0.253 e. The van der Waals surface area contributed by atoms with Crippen LogP contribution in [-0.2, 0) is 0 Å². The zero-order valence-corrected chi connectivity index (χ0v) is 13.8. The van der Waals surface area contributed by atoms with Crippen LogP contribution in [0.4, 0.5) is 0 Å². The molecule has 0 aliphatic rings. The van der Waals surface area contributed by atoms with Crippen molar-refractivity contribution in [2.75, 3.05) is 0 Å². The Morgan fingerprint density at radius 2 is 1.21 bits per heavy atom. The van der Waals surface area contributed by atoms with Gasteiger partial charge in [0.1, 0.15) is 0 Å². The van der Waals surface area contributed by atoms with Crippen LogP contribution in [0.15, 0.2) is 12.1 Å². The van der Waals surface area contributed by atoms with Gasteiger partial charge >= 0.3 is 0 Å². The van der Waals surface area contributed by atoms with Crippen molar-refractivity contribution < 1.29 is 0 Å². The van der Waals surface area contributed by atoms with E-state index in [-0.39, 0.29) is 25.1 Å². The first-order chi connectivity index (χ1) is 8.82. The van der Waals surface area contributed by atoms with Crippen LogP contribution in [0.25, 0.3) is 11.3 Å². The molecule has 0 amide bonds. The molecule has 1 aromatic heterocycles. The van der Waals surface area contributed by atoms with Gasteiger partial charge in [0.05, 0.1) is 30.8 Å². The fourth-order valence-electron chi connectivity index (χ4n) is 1.80. The predicted octanol–water partition coefficient (Wildman–Crippen LogP) is 6.63. The Hall–Kier alpha value is -0.180. The molecule has 0 radical (unpaired) electrons. The second-order valence-corrected chi connectivity index (χ2v) is 6.01. The van der Waals surface area contributed by atoms with Crippen molar-refractivity contribution in [2.24, 2.45) is 0 Å². The number of benzene rings is 1. The van der Waals surface area contributed by atoms with E-state index in [4.69, 9.17) is 58.0 Å². The van der Waals surface area contributed by atoms with E-state index in [1.54, 1.807) is 0 Å². The van der Waals surface area contributed by atoms with Crippen LogP contribution in [0.5, 0.6) is 0 Å². The van der Waals surface area contributed by atoms with Crippen LogP contribution < -0.4 is 0 Å². The highest BCUT2D eigenvalue weighted by Crippen LogP contribution is 2.47. The smallest absolute Gasteiger partial charge is 0.0809 e. The molecule has 0 saturated heterocycles. The van der Waals surface area contributed by atoms with Crippen molar-refractivity contribution in [3.63, 3.8) is 0 Å². The Kier molecular flexibility index (Phi) is 4.54. The molecule has 1 aromatic carbocycles. The number of aromatic nitrogens is 1. The normalized spacial score (nSPS) is 10.9.